The molecule has 0 N–H and O–H groups in total. The van der Waals surface area contributed by atoms with Gasteiger partial charge in [0.05, 0.1) is 0 Å². The van der Waals surface area contributed by atoms with Gasteiger partial charge in [0.15, 0.2) is 0 Å². The fraction of sp³-hybridized carbons (Fsp3) is 0.400. The monoisotopic (exact) mass is 308 g/mol. The van der Waals surface area contributed by atoms with Gasteiger partial charge in [-0.25, -0.2) is 0 Å². The van der Waals surface area contributed by atoms with Gasteiger partial charge in [-0.15, -0.1) is 0 Å². The van der Waals surface area contributed by atoms with Gasteiger partial charge in [0.1, 0.15) is 0 Å². The number of rotatable bonds is 4. The summed E-state index contributed by atoms with van der Waals surface area (Å²) in [6.45, 7) is 3.87. The first-order valence-corrected chi connectivity index (χ1v) is 8.47. The molecule has 0 atom stereocenters. The number of nitrogens with zero attached hydrogens (tertiary/aromatic N) is 2. The summed E-state index contributed by atoms with van der Waals surface area (Å²) in [7, 11) is 0. The first-order valence-electron chi connectivity index (χ1n) is 8.47. The molecular formula is C20H24N2O. The number of aryl methyl sites for hydroxylation is 2. The van der Waals surface area contributed by atoms with Crippen LogP contribution in [-0.2, 0) is 6.42 Å². The Kier molecular flexibility index (Phi) is 5.06. The maximum atomic E-state index is 12.4. The molecule has 1 aliphatic heterocycles. The summed E-state index contributed by atoms with van der Waals surface area (Å²) in [5, 5.41) is 0. The average molecular weight is 308 g/mol. The highest BCUT2D eigenvalue weighted by atomic mass is 16.2. The molecule has 120 valence electrons. The average Bonchev–Trinajstić information content (AvgIpc) is 2.62. The van der Waals surface area contributed by atoms with E-state index in [-0.39, 0.29) is 5.91 Å². The van der Waals surface area contributed by atoms with Crippen molar-refractivity contribution in [2.24, 2.45) is 5.92 Å². The SMILES string of the molecule is Cc1ccc(CCC2CCN(C(=O)c3ccncc3)CC2)cc1. The van der Waals surface area contributed by atoms with Crippen LogP contribution < -0.4 is 0 Å². The van der Waals surface area contributed by atoms with Gasteiger partial charge in [0, 0.05) is 31.0 Å². The number of aromatic nitrogens is 1. The van der Waals surface area contributed by atoms with Crippen LogP contribution in [0, 0.1) is 12.8 Å². The molecule has 3 nitrogen and oxygen atoms in total. The van der Waals surface area contributed by atoms with Crippen LogP contribution >= 0.6 is 0 Å². The van der Waals surface area contributed by atoms with E-state index in [0.717, 1.165) is 43.8 Å². The van der Waals surface area contributed by atoms with Crippen LogP contribution in [0.2, 0.25) is 0 Å². The van der Waals surface area contributed by atoms with Crippen molar-refractivity contribution in [2.75, 3.05) is 13.1 Å². The largest absolute Gasteiger partial charge is 0.339 e. The zero-order valence-electron chi connectivity index (χ0n) is 13.7. The number of benzene rings is 1. The molecule has 3 heteroatoms. The van der Waals surface area contributed by atoms with Crippen molar-refractivity contribution in [3.05, 3.63) is 65.5 Å². The Hall–Kier alpha value is -2.16. The Balaban J connectivity index is 1.47. The Labute approximate surface area is 138 Å². The predicted molar refractivity (Wildman–Crippen MR) is 92.4 cm³/mol. The van der Waals surface area contributed by atoms with E-state index in [0.29, 0.717) is 0 Å². The van der Waals surface area contributed by atoms with Crippen molar-refractivity contribution in [3.63, 3.8) is 0 Å². The minimum absolute atomic E-state index is 0.143. The first-order chi connectivity index (χ1) is 11.2. The molecule has 1 fully saturated rings. The molecule has 0 unspecified atom stereocenters. The normalized spacial score (nSPS) is 15.6. The molecule has 1 aromatic heterocycles. The van der Waals surface area contributed by atoms with Gasteiger partial charge in [-0.1, -0.05) is 29.8 Å². The zero-order chi connectivity index (χ0) is 16.1. The Morgan fingerprint density at radius 2 is 1.74 bits per heavy atom. The van der Waals surface area contributed by atoms with E-state index in [1.807, 2.05) is 4.90 Å². The van der Waals surface area contributed by atoms with E-state index in [4.69, 9.17) is 0 Å². The molecule has 2 aromatic rings. The highest BCUT2D eigenvalue weighted by Crippen LogP contribution is 2.23. The van der Waals surface area contributed by atoms with Crippen LogP contribution in [0.3, 0.4) is 0 Å². The Morgan fingerprint density at radius 3 is 2.39 bits per heavy atom. The second-order valence-electron chi connectivity index (χ2n) is 6.50. The molecule has 0 radical (unpaired) electrons. The molecule has 0 bridgehead atoms. The van der Waals surface area contributed by atoms with Crippen molar-refractivity contribution < 1.29 is 4.79 Å². The lowest BCUT2D eigenvalue weighted by molar-refractivity contribution is 0.0687. The molecule has 0 saturated carbocycles. The molecule has 2 heterocycles. The van der Waals surface area contributed by atoms with Gasteiger partial charge in [-0.2, -0.15) is 0 Å². The lowest BCUT2D eigenvalue weighted by Crippen LogP contribution is -2.38. The highest BCUT2D eigenvalue weighted by Gasteiger charge is 2.23. The van der Waals surface area contributed by atoms with Crippen LogP contribution in [0.5, 0.6) is 0 Å². The molecule has 3 rings (SSSR count). The molecule has 0 aliphatic carbocycles. The smallest absolute Gasteiger partial charge is 0.253 e. The second kappa shape index (κ2) is 7.40. The molecule has 1 aromatic carbocycles. The lowest BCUT2D eigenvalue weighted by atomic mass is 9.90. The minimum Gasteiger partial charge on any atom is -0.339 e. The maximum absolute atomic E-state index is 12.4. The van der Waals surface area contributed by atoms with E-state index in [2.05, 4.69) is 36.2 Å². The minimum atomic E-state index is 0.143. The summed E-state index contributed by atoms with van der Waals surface area (Å²) in [5.41, 5.74) is 3.49. The molecule has 1 saturated heterocycles. The topological polar surface area (TPSA) is 33.2 Å². The van der Waals surface area contributed by atoms with Crippen molar-refractivity contribution in [3.8, 4) is 0 Å². The van der Waals surface area contributed by atoms with E-state index in [1.54, 1.807) is 24.5 Å². The van der Waals surface area contributed by atoms with Crippen LogP contribution in [-0.4, -0.2) is 28.9 Å². The van der Waals surface area contributed by atoms with E-state index in [1.165, 1.54) is 17.5 Å². The number of likely N-dealkylation sites (tertiary alicyclic amines) is 1. The summed E-state index contributed by atoms with van der Waals surface area (Å²) in [6, 6.07) is 12.4. The zero-order valence-corrected chi connectivity index (χ0v) is 13.7. The highest BCUT2D eigenvalue weighted by molar-refractivity contribution is 5.94. The lowest BCUT2D eigenvalue weighted by Gasteiger charge is -2.32. The summed E-state index contributed by atoms with van der Waals surface area (Å²) in [5.74, 6) is 0.877. The van der Waals surface area contributed by atoms with Crippen molar-refractivity contribution in [2.45, 2.75) is 32.6 Å². The van der Waals surface area contributed by atoms with Gasteiger partial charge in [0.2, 0.25) is 0 Å². The summed E-state index contributed by atoms with van der Waals surface area (Å²) in [6.07, 6.45) is 7.96. The van der Waals surface area contributed by atoms with Crippen LogP contribution in [0.25, 0.3) is 0 Å². The van der Waals surface area contributed by atoms with Crippen molar-refractivity contribution in [1.82, 2.24) is 9.88 Å². The maximum Gasteiger partial charge on any atom is 0.253 e. The number of hydrogen-bond donors (Lipinski definition) is 0. The quantitative estimate of drug-likeness (QED) is 0.859. The Morgan fingerprint density at radius 1 is 1.09 bits per heavy atom. The number of pyridine rings is 1. The summed E-state index contributed by atoms with van der Waals surface area (Å²) < 4.78 is 0. The number of carbonyl (C=O) groups excluding carboxylic acids is 1. The molecule has 23 heavy (non-hydrogen) atoms. The summed E-state index contributed by atoms with van der Waals surface area (Å²) >= 11 is 0. The van der Waals surface area contributed by atoms with Crippen molar-refractivity contribution in [1.29, 1.82) is 0 Å². The van der Waals surface area contributed by atoms with Crippen molar-refractivity contribution >= 4 is 5.91 Å². The first kappa shape index (κ1) is 15.7. The molecule has 1 aliphatic rings. The van der Waals surface area contributed by atoms with Gasteiger partial charge in [-0.05, 0) is 56.2 Å². The standard InChI is InChI=1S/C20H24N2O/c1-16-2-4-17(5-3-16)6-7-18-10-14-22(15-11-18)20(23)19-8-12-21-13-9-19/h2-5,8-9,12-13,18H,6-7,10-11,14-15H2,1H3. The molecular weight excluding hydrogens is 284 g/mol. The summed E-state index contributed by atoms with van der Waals surface area (Å²) in [4.78, 5) is 18.4. The number of hydrogen-bond acceptors (Lipinski definition) is 2. The fourth-order valence-corrected chi connectivity index (χ4v) is 3.23. The van der Waals surface area contributed by atoms with Gasteiger partial charge in [0.25, 0.3) is 5.91 Å². The van der Waals surface area contributed by atoms with Crippen LogP contribution in [0.1, 0.15) is 40.7 Å². The number of piperidine rings is 1. The fourth-order valence-electron chi connectivity index (χ4n) is 3.23. The van der Waals surface area contributed by atoms with Gasteiger partial charge >= 0.3 is 0 Å². The number of carbonyl (C=O) groups is 1. The number of amides is 1. The third-order valence-electron chi connectivity index (χ3n) is 4.79. The van der Waals surface area contributed by atoms with E-state index in [9.17, 15) is 4.79 Å². The van der Waals surface area contributed by atoms with Crippen LogP contribution in [0.15, 0.2) is 48.8 Å². The van der Waals surface area contributed by atoms with E-state index >= 15 is 0 Å². The predicted octanol–water partition coefficient (Wildman–Crippen LogP) is 3.88. The van der Waals surface area contributed by atoms with Crippen LogP contribution in [0.4, 0.5) is 0 Å². The van der Waals surface area contributed by atoms with Gasteiger partial charge in [-0.3, -0.25) is 9.78 Å². The van der Waals surface area contributed by atoms with E-state index < -0.39 is 0 Å². The molecule has 1 amide bonds. The third kappa shape index (κ3) is 4.19. The second-order valence-corrected chi connectivity index (χ2v) is 6.50. The van der Waals surface area contributed by atoms with Gasteiger partial charge < -0.3 is 4.90 Å². The Bertz CT molecular complexity index is 628. The third-order valence-corrected chi connectivity index (χ3v) is 4.79. The molecule has 0 spiro atoms.